The van der Waals surface area contributed by atoms with Gasteiger partial charge in [-0.25, -0.2) is 14.8 Å². The predicted octanol–water partition coefficient (Wildman–Crippen LogP) is -2.48. The van der Waals surface area contributed by atoms with E-state index in [1.165, 1.54) is 6.33 Å². The van der Waals surface area contributed by atoms with E-state index in [-0.39, 0.29) is 19.0 Å². The minimum absolute atomic E-state index is 0. The molecule has 88 valence electrons. The molecule has 1 N–H and O–H groups in total. The molecule has 0 saturated heterocycles. The van der Waals surface area contributed by atoms with Gasteiger partial charge in [0.2, 0.25) is 6.54 Å². The summed E-state index contributed by atoms with van der Waals surface area (Å²) in [6.07, 6.45) is 6.57. The first-order valence-electron chi connectivity index (χ1n) is 4.73. The highest BCUT2D eigenvalue weighted by molar-refractivity contribution is 5.64. The van der Waals surface area contributed by atoms with E-state index in [1.807, 2.05) is 12.1 Å². The van der Waals surface area contributed by atoms with Gasteiger partial charge in [-0.1, -0.05) is 0 Å². The zero-order chi connectivity index (χ0) is 11.4. The lowest BCUT2D eigenvalue weighted by molar-refractivity contribution is -0.685. The van der Waals surface area contributed by atoms with Crippen molar-refractivity contribution >= 4 is 5.97 Å². The number of carbonyl (C=O) groups is 1. The molecule has 0 bridgehead atoms. The molecular weight excluding hydrogens is 242 g/mol. The number of pyridine rings is 1. The Labute approximate surface area is 104 Å². The monoisotopic (exact) mass is 251 g/mol. The van der Waals surface area contributed by atoms with Crippen molar-refractivity contribution in [2.45, 2.75) is 6.54 Å². The lowest BCUT2D eigenvalue weighted by Gasteiger charge is -1.98. The molecule has 0 aliphatic heterocycles. The van der Waals surface area contributed by atoms with E-state index >= 15 is 0 Å². The molecule has 0 unspecified atom stereocenters. The van der Waals surface area contributed by atoms with Gasteiger partial charge in [-0.2, -0.15) is 4.57 Å². The number of hydrogen-bond donors (Lipinski definition) is 1. The van der Waals surface area contributed by atoms with Crippen LogP contribution < -0.4 is 17.0 Å². The van der Waals surface area contributed by atoms with Gasteiger partial charge in [0.25, 0.3) is 0 Å². The smallest absolute Gasteiger partial charge is 0.370 e. The lowest BCUT2D eigenvalue weighted by Crippen LogP contribution is -3.00. The fourth-order valence-corrected chi connectivity index (χ4v) is 1.35. The lowest BCUT2D eigenvalue weighted by atomic mass is 10.2. The molecule has 0 radical (unpaired) electrons. The van der Waals surface area contributed by atoms with Crippen molar-refractivity contribution in [2.24, 2.45) is 0 Å². The highest BCUT2D eigenvalue weighted by Gasteiger charge is 2.07. The van der Waals surface area contributed by atoms with Crippen LogP contribution in [0.5, 0.6) is 0 Å². The van der Waals surface area contributed by atoms with Crippen molar-refractivity contribution in [3.8, 4) is 11.3 Å². The molecular formula is C11H10ClN3O2. The topological polar surface area (TPSA) is 67.0 Å². The van der Waals surface area contributed by atoms with Crippen LogP contribution in [0.15, 0.2) is 43.1 Å². The highest BCUT2D eigenvalue weighted by atomic mass is 35.5. The molecule has 0 aliphatic carbocycles. The molecule has 6 heteroatoms. The van der Waals surface area contributed by atoms with Gasteiger partial charge >= 0.3 is 5.97 Å². The summed E-state index contributed by atoms with van der Waals surface area (Å²) in [5, 5.41) is 8.61. The fourth-order valence-electron chi connectivity index (χ4n) is 1.35. The van der Waals surface area contributed by atoms with Crippen LogP contribution in [0.2, 0.25) is 0 Å². The molecule has 0 aliphatic rings. The Kier molecular flexibility index (Phi) is 4.54. The van der Waals surface area contributed by atoms with Crippen LogP contribution in [0.1, 0.15) is 0 Å². The highest BCUT2D eigenvalue weighted by Crippen LogP contribution is 2.12. The van der Waals surface area contributed by atoms with Gasteiger partial charge < -0.3 is 17.5 Å². The van der Waals surface area contributed by atoms with Crippen molar-refractivity contribution in [1.82, 2.24) is 9.97 Å². The number of hydrogen-bond acceptors (Lipinski definition) is 3. The molecule has 0 fully saturated rings. The number of aromatic nitrogens is 3. The quantitative estimate of drug-likeness (QED) is 0.614. The van der Waals surface area contributed by atoms with Crippen molar-refractivity contribution in [3.63, 3.8) is 0 Å². The standard InChI is InChI=1S/C11H9N3O2.ClH/c15-11(16)7-14-5-2-9(3-6-14)10-1-4-12-8-13-10;/h1-6,8H,7H2;1H. The summed E-state index contributed by atoms with van der Waals surface area (Å²) in [6, 6.07) is 5.45. The molecule has 2 heterocycles. The Bertz CT molecular complexity index is 488. The van der Waals surface area contributed by atoms with Gasteiger partial charge in [0.1, 0.15) is 6.33 Å². The number of rotatable bonds is 3. The minimum Gasteiger partial charge on any atom is -1.00 e. The Balaban J connectivity index is 0.00000144. The number of carboxylic acid groups (broad SMARTS) is 1. The van der Waals surface area contributed by atoms with E-state index in [4.69, 9.17) is 5.11 Å². The van der Waals surface area contributed by atoms with Crippen LogP contribution in [0.25, 0.3) is 11.3 Å². The zero-order valence-corrected chi connectivity index (χ0v) is 9.58. The van der Waals surface area contributed by atoms with Crippen molar-refractivity contribution in [2.75, 3.05) is 0 Å². The number of halogens is 1. The number of carboxylic acids is 1. The molecule has 0 spiro atoms. The summed E-state index contributed by atoms with van der Waals surface area (Å²) >= 11 is 0. The molecule has 2 aromatic rings. The van der Waals surface area contributed by atoms with Crippen LogP contribution in [-0.2, 0) is 11.3 Å². The average molecular weight is 252 g/mol. The summed E-state index contributed by atoms with van der Waals surface area (Å²) in [4.78, 5) is 18.4. The van der Waals surface area contributed by atoms with Crippen LogP contribution in [0.3, 0.4) is 0 Å². The molecule has 2 rings (SSSR count). The predicted molar refractivity (Wildman–Crippen MR) is 55.3 cm³/mol. The third-order valence-corrected chi connectivity index (χ3v) is 2.09. The van der Waals surface area contributed by atoms with E-state index in [1.54, 1.807) is 29.2 Å². The van der Waals surface area contributed by atoms with Gasteiger partial charge in [-0.3, -0.25) is 0 Å². The van der Waals surface area contributed by atoms with Crippen molar-refractivity contribution < 1.29 is 26.9 Å². The van der Waals surface area contributed by atoms with Gasteiger partial charge in [-0.05, 0) is 6.07 Å². The van der Waals surface area contributed by atoms with E-state index in [2.05, 4.69) is 9.97 Å². The number of nitrogens with zero attached hydrogens (tertiary/aromatic N) is 3. The molecule has 0 atom stereocenters. The third kappa shape index (κ3) is 3.49. The Morgan fingerprint density at radius 3 is 2.53 bits per heavy atom. The van der Waals surface area contributed by atoms with Crippen LogP contribution in [0.4, 0.5) is 0 Å². The van der Waals surface area contributed by atoms with Crippen molar-refractivity contribution in [1.29, 1.82) is 0 Å². The van der Waals surface area contributed by atoms with Gasteiger partial charge in [-0.15, -0.1) is 0 Å². The summed E-state index contributed by atoms with van der Waals surface area (Å²) in [5.74, 6) is -0.861. The average Bonchev–Trinajstić information content (AvgIpc) is 2.30. The second kappa shape index (κ2) is 5.91. The zero-order valence-electron chi connectivity index (χ0n) is 8.82. The maximum atomic E-state index is 10.5. The summed E-state index contributed by atoms with van der Waals surface area (Å²) in [7, 11) is 0. The van der Waals surface area contributed by atoms with E-state index < -0.39 is 5.97 Å². The fraction of sp³-hybridized carbons (Fsp3) is 0.0909. The molecule has 0 aromatic carbocycles. The van der Waals surface area contributed by atoms with Crippen LogP contribution >= 0.6 is 0 Å². The van der Waals surface area contributed by atoms with Gasteiger partial charge in [0.15, 0.2) is 12.4 Å². The molecule has 0 saturated carbocycles. The second-order valence-electron chi connectivity index (χ2n) is 3.25. The van der Waals surface area contributed by atoms with Gasteiger partial charge in [0.05, 0.1) is 5.69 Å². The normalized spacial score (nSPS) is 9.41. The maximum Gasteiger partial charge on any atom is 0.370 e. The molecule has 2 aromatic heterocycles. The first-order valence-corrected chi connectivity index (χ1v) is 4.73. The summed E-state index contributed by atoms with van der Waals surface area (Å²) in [5.41, 5.74) is 1.75. The van der Waals surface area contributed by atoms with Crippen LogP contribution in [-0.4, -0.2) is 21.0 Å². The minimum atomic E-state index is -0.861. The Morgan fingerprint density at radius 1 is 1.29 bits per heavy atom. The second-order valence-corrected chi connectivity index (χ2v) is 3.25. The Hall–Kier alpha value is -2.01. The first-order chi connectivity index (χ1) is 7.75. The summed E-state index contributed by atoms with van der Waals surface area (Å²) < 4.78 is 1.59. The van der Waals surface area contributed by atoms with E-state index in [0.717, 1.165) is 11.3 Å². The van der Waals surface area contributed by atoms with Gasteiger partial charge in [0, 0.05) is 23.9 Å². The third-order valence-electron chi connectivity index (χ3n) is 2.09. The molecule has 5 nitrogen and oxygen atoms in total. The molecule has 17 heavy (non-hydrogen) atoms. The molecule has 0 amide bonds. The maximum absolute atomic E-state index is 10.5. The van der Waals surface area contributed by atoms with E-state index in [0.29, 0.717) is 0 Å². The number of aliphatic carboxylic acids is 1. The Morgan fingerprint density at radius 2 is 2.00 bits per heavy atom. The van der Waals surface area contributed by atoms with Crippen molar-refractivity contribution in [3.05, 3.63) is 43.1 Å². The summed E-state index contributed by atoms with van der Waals surface area (Å²) in [6.45, 7) is -0.0376. The van der Waals surface area contributed by atoms with E-state index in [9.17, 15) is 4.79 Å². The SMILES string of the molecule is O=C(O)C[n+]1ccc(-c2ccncn2)cc1.[Cl-]. The van der Waals surface area contributed by atoms with Crippen LogP contribution in [0, 0.1) is 0 Å². The first kappa shape index (κ1) is 13.1. The largest absolute Gasteiger partial charge is 1.00 e.